The Labute approximate surface area is 167 Å². The third kappa shape index (κ3) is 4.29. The zero-order valence-corrected chi connectivity index (χ0v) is 16.7. The summed E-state index contributed by atoms with van der Waals surface area (Å²) in [5, 5.41) is 6.19. The molecule has 1 aromatic heterocycles. The van der Waals surface area contributed by atoms with Crippen LogP contribution in [0.15, 0.2) is 42.6 Å². The summed E-state index contributed by atoms with van der Waals surface area (Å²) in [5.74, 6) is 1.44. The minimum absolute atomic E-state index is 0.0845. The first kappa shape index (κ1) is 18.8. The van der Waals surface area contributed by atoms with Gasteiger partial charge in [0.1, 0.15) is 5.82 Å². The van der Waals surface area contributed by atoms with E-state index in [2.05, 4.69) is 51.7 Å². The lowest BCUT2D eigenvalue weighted by Crippen LogP contribution is -2.38. The Morgan fingerprint density at radius 2 is 1.93 bits per heavy atom. The lowest BCUT2D eigenvalue weighted by molar-refractivity contribution is 0.233. The van der Waals surface area contributed by atoms with Crippen molar-refractivity contribution in [2.24, 2.45) is 5.92 Å². The van der Waals surface area contributed by atoms with Gasteiger partial charge in [-0.3, -0.25) is 0 Å². The highest BCUT2D eigenvalue weighted by Crippen LogP contribution is 2.35. The number of nitrogens with zero attached hydrogens (tertiary/aromatic N) is 2. The van der Waals surface area contributed by atoms with E-state index in [9.17, 15) is 4.79 Å². The fourth-order valence-electron chi connectivity index (χ4n) is 4.43. The molecule has 2 unspecified atom stereocenters. The van der Waals surface area contributed by atoms with Gasteiger partial charge in [-0.1, -0.05) is 44.0 Å². The number of aromatic nitrogens is 1. The van der Waals surface area contributed by atoms with Gasteiger partial charge in [-0.25, -0.2) is 9.78 Å². The van der Waals surface area contributed by atoms with Gasteiger partial charge in [0, 0.05) is 25.8 Å². The number of pyridine rings is 1. The normalized spacial score (nSPS) is 21.7. The van der Waals surface area contributed by atoms with E-state index in [4.69, 9.17) is 0 Å². The van der Waals surface area contributed by atoms with Crippen molar-refractivity contribution in [2.45, 2.75) is 51.6 Å². The summed E-state index contributed by atoms with van der Waals surface area (Å²) in [7, 11) is 0. The van der Waals surface area contributed by atoms with E-state index in [-0.39, 0.29) is 12.1 Å². The Hall–Kier alpha value is -2.56. The zero-order valence-electron chi connectivity index (χ0n) is 16.7. The lowest BCUT2D eigenvalue weighted by atomic mass is 10.0. The first-order chi connectivity index (χ1) is 13.7. The van der Waals surface area contributed by atoms with Crippen LogP contribution in [0.2, 0.25) is 0 Å². The molecule has 2 heterocycles. The van der Waals surface area contributed by atoms with Crippen LogP contribution >= 0.6 is 0 Å². The van der Waals surface area contributed by atoms with E-state index in [1.165, 1.54) is 36.8 Å². The fourth-order valence-corrected chi connectivity index (χ4v) is 4.43. The molecule has 2 atom stereocenters. The molecule has 148 valence electrons. The molecule has 2 N–H and O–H groups in total. The first-order valence-corrected chi connectivity index (χ1v) is 10.5. The SMILES string of the molecule is CC1Cc2ccccc2C1NC(=O)NCc1ccnc(N2CCCCCC2)c1. The monoisotopic (exact) mass is 378 g/mol. The average Bonchev–Trinajstić information content (AvgIpc) is 2.89. The zero-order chi connectivity index (χ0) is 19.3. The van der Waals surface area contributed by atoms with Gasteiger partial charge in [-0.2, -0.15) is 0 Å². The molecule has 5 heteroatoms. The van der Waals surface area contributed by atoms with E-state index in [0.717, 1.165) is 30.9 Å². The minimum Gasteiger partial charge on any atom is -0.357 e. The minimum atomic E-state index is -0.110. The number of anilines is 1. The summed E-state index contributed by atoms with van der Waals surface area (Å²) in [6, 6.07) is 12.5. The van der Waals surface area contributed by atoms with Gasteiger partial charge in [0.05, 0.1) is 6.04 Å². The molecule has 1 aromatic carbocycles. The van der Waals surface area contributed by atoms with Crippen LogP contribution in [0, 0.1) is 5.92 Å². The molecule has 2 aromatic rings. The average molecular weight is 379 g/mol. The Balaban J connectivity index is 1.34. The molecular formula is C23H30N4O. The van der Waals surface area contributed by atoms with Crippen LogP contribution in [0.3, 0.4) is 0 Å². The van der Waals surface area contributed by atoms with E-state index in [1.807, 2.05) is 18.3 Å². The van der Waals surface area contributed by atoms with Crippen molar-refractivity contribution < 1.29 is 4.79 Å². The standard InChI is InChI=1S/C23H30N4O/c1-17-14-19-8-4-5-9-20(19)22(17)26-23(28)25-16-18-10-11-24-21(15-18)27-12-6-2-3-7-13-27/h4-5,8-11,15,17,22H,2-3,6-7,12-14,16H2,1H3,(H2,25,26,28). The van der Waals surface area contributed by atoms with Crippen molar-refractivity contribution in [1.29, 1.82) is 0 Å². The highest BCUT2D eigenvalue weighted by molar-refractivity contribution is 5.74. The molecule has 0 bridgehead atoms. The molecular weight excluding hydrogens is 348 g/mol. The van der Waals surface area contributed by atoms with Crippen molar-refractivity contribution in [2.75, 3.05) is 18.0 Å². The van der Waals surface area contributed by atoms with E-state index < -0.39 is 0 Å². The molecule has 2 aliphatic rings. The van der Waals surface area contributed by atoms with Crippen molar-refractivity contribution in [3.05, 3.63) is 59.3 Å². The highest BCUT2D eigenvalue weighted by Gasteiger charge is 2.30. The number of fused-ring (bicyclic) bond motifs is 1. The van der Waals surface area contributed by atoms with Crippen LogP contribution in [-0.4, -0.2) is 24.1 Å². The Morgan fingerprint density at radius 3 is 2.75 bits per heavy atom. The van der Waals surface area contributed by atoms with Gasteiger partial charge < -0.3 is 15.5 Å². The van der Waals surface area contributed by atoms with E-state index >= 15 is 0 Å². The quantitative estimate of drug-likeness (QED) is 0.838. The number of hydrogen-bond acceptors (Lipinski definition) is 3. The van der Waals surface area contributed by atoms with Crippen LogP contribution < -0.4 is 15.5 Å². The number of urea groups is 1. The second kappa shape index (κ2) is 8.63. The number of rotatable bonds is 4. The fraction of sp³-hybridized carbons (Fsp3) is 0.478. The van der Waals surface area contributed by atoms with Crippen molar-refractivity contribution in [3.8, 4) is 0 Å². The maximum absolute atomic E-state index is 12.5. The van der Waals surface area contributed by atoms with Gasteiger partial charge >= 0.3 is 6.03 Å². The molecule has 5 nitrogen and oxygen atoms in total. The van der Waals surface area contributed by atoms with Crippen LogP contribution in [0.5, 0.6) is 0 Å². The van der Waals surface area contributed by atoms with Gasteiger partial charge in [0.15, 0.2) is 0 Å². The molecule has 1 aliphatic carbocycles. The first-order valence-electron chi connectivity index (χ1n) is 10.5. The second-order valence-corrected chi connectivity index (χ2v) is 8.11. The summed E-state index contributed by atoms with van der Waals surface area (Å²) in [6.45, 7) is 4.85. The van der Waals surface area contributed by atoms with Gasteiger partial charge in [0.25, 0.3) is 0 Å². The van der Waals surface area contributed by atoms with Crippen LogP contribution in [0.25, 0.3) is 0 Å². The Bertz CT molecular complexity index is 814. The maximum atomic E-state index is 12.5. The van der Waals surface area contributed by atoms with Gasteiger partial charge in [-0.15, -0.1) is 0 Å². The van der Waals surface area contributed by atoms with Gasteiger partial charge in [0.2, 0.25) is 0 Å². The molecule has 28 heavy (non-hydrogen) atoms. The third-order valence-corrected chi connectivity index (χ3v) is 5.98. The number of amides is 2. The maximum Gasteiger partial charge on any atom is 0.315 e. The van der Waals surface area contributed by atoms with Crippen molar-refractivity contribution >= 4 is 11.8 Å². The summed E-state index contributed by atoms with van der Waals surface area (Å²) in [4.78, 5) is 19.4. The Morgan fingerprint density at radius 1 is 1.14 bits per heavy atom. The molecule has 1 fully saturated rings. The van der Waals surface area contributed by atoms with E-state index in [1.54, 1.807) is 0 Å². The predicted octanol–water partition coefficient (Wildman–Crippen LogP) is 4.19. The smallest absolute Gasteiger partial charge is 0.315 e. The number of nitrogens with one attached hydrogen (secondary N) is 2. The van der Waals surface area contributed by atoms with Crippen molar-refractivity contribution in [1.82, 2.24) is 15.6 Å². The highest BCUT2D eigenvalue weighted by atomic mass is 16.2. The summed E-state index contributed by atoms with van der Waals surface area (Å²) in [5.41, 5.74) is 3.68. The molecule has 0 spiro atoms. The van der Waals surface area contributed by atoms with Crippen LogP contribution in [-0.2, 0) is 13.0 Å². The second-order valence-electron chi connectivity index (χ2n) is 8.11. The molecule has 0 radical (unpaired) electrons. The van der Waals surface area contributed by atoms with Crippen molar-refractivity contribution in [3.63, 3.8) is 0 Å². The molecule has 1 aliphatic heterocycles. The van der Waals surface area contributed by atoms with Crippen LogP contribution in [0.4, 0.5) is 10.6 Å². The number of carbonyl (C=O) groups is 1. The topological polar surface area (TPSA) is 57.3 Å². The Kier molecular flexibility index (Phi) is 5.79. The molecule has 2 amide bonds. The summed E-state index contributed by atoms with van der Waals surface area (Å²) in [6.07, 6.45) is 7.94. The van der Waals surface area contributed by atoms with E-state index in [0.29, 0.717) is 12.5 Å². The number of hydrogen-bond donors (Lipinski definition) is 2. The number of benzene rings is 1. The molecule has 4 rings (SSSR count). The predicted molar refractivity (Wildman–Crippen MR) is 112 cm³/mol. The van der Waals surface area contributed by atoms with Gasteiger partial charge in [-0.05, 0) is 54.0 Å². The summed E-state index contributed by atoms with van der Waals surface area (Å²) >= 11 is 0. The lowest BCUT2D eigenvalue weighted by Gasteiger charge is -2.22. The number of carbonyl (C=O) groups excluding carboxylic acids is 1. The molecule has 0 saturated carbocycles. The van der Waals surface area contributed by atoms with Crippen LogP contribution in [0.1, 0.15) is 55.3 Å². The largest absolute Gasteiger partial charge is 0.357 e. The third-order valence-electron chi connectivity index (χ3n) is 5.98. The molecule has 1 saturated heterocycles. The summed E-state index contributed by atoms with van der Waals surface area (Å²) < 4.78 is 0.